The SMILES string of the molecule is O=CCOCCC#CCN1CCNCC1c1ccc2c(c1)C(=O)N(C1CCC(=O)NC1=O)C2=O. The van der Waals surface area contributed by atoms with E-state index >= 15 is 0 Å². The van der Waals surface area contributed by atoms with Gasteiger partial charge in [-0.1, -0.05) is 17.9 Å². The lowest BCUT2D eigenvalue weighted by Gasteiger charge is -2.35. The fourth-order valence-electron chi connectivity index (χ4n) is 4.46. The van der Waals surface area contributed by atoms with Crippen LogP contribution >= 0.6 is 0 Å². The molecule has 1 aromatic carbocycles. The van der Waals surface area contributed by atoms with Crippen molar-refractivity contribution < 1.29 is 28.7 Å². The number of fused-ring (bicyclic) bond motifs is 1. The lowest BCUT2D eigenvalue weighted by molar-refractivity contribution is -0.136. The van der Waals surface area contributed by atoms with Gasteiger partial charge >= 0.3 is 0 Å². The molecular weight excluding hydrogens is 440 g/mol. The van der Waals surface area contributed by atoms with E-state index in [1.165, 1.54) is 0 Å². The van der Waals surface area contributed by atoms with Gasteiger partial charge in [0.15, 0.2) is 0 Å². The Hall–Kier alpha value is -3.39. The molecule has 2 saturated heterocycles. The number of imide groups is 2. The maximum atomic E-state index is 13.1. The van der Waals surface area contributed by atoms with Crippen molar-refractivity contribution in [3.05, 3.63) is 34.9 Å². The van der Waals surface area contributed by atoms with Crippen molar-refractivity contribution in [1.82, 2.24) is 20.4 Å². The monoisotopic (exact) mass is 466 g/mol. The molecule has 0 radical (unpaired) electrons. The summed E-state index contributed by atoms with van der Waals surface area (Å²) in [4.78, 5) is 63.2. The second kappa shape index (κ2) is 10.7. The van der Waals surface area contributed by atoms with Crippen LogP contribution in [0.25, 0.3) is 0 Å². The molecule has 2 unspecified atom stereocenters. The summed E-state index contributed by atoms with van der Waals surface area (Å²) in [7, 11) is 0. The molecule has 1 aromatic rings. The molecule has 0 aromatic heterocycles. The first kappa shape index (κ1) is 23.8. The van der Waals surface area contributed by atoms with Crippen molar-refractivity contribution in [1.29, 1.82) is 0 Å². The Balaban J connectivity index is 1.47. The zero-order chi connectivity index (χ0) is 24.1. The predicted molar refractivity (Wildman–Crippen MR) is 120 cm³/mol. The number of hydrogen-bond donors (Lipinski definition) is 2. The first-order valence-corrected chi connectivity index (χ1v) is 11.3. The molecule has 0 bridgehead atoms. The number of piperazine rings is 1. The molecule has 3 heterocycles. The van der Waals surface area contributed by atoms with Gasteiger partial charge in [-0.2, -0.15) is 0 Å². The number of aldehydes is 1. The molecule has 2 atom stereocenters. The third-order valence-electron chi connectivity index (χ3n) is 6.17. The second-order valence-electron chi connectivity index (χ2n) is 8.29. The molecule has 34 heavy (non-hydrogen) atoms. The van der Waals surface area contributed by atoms with Gasteiger partial charge in [-0.25, -0.2) is 0 Å². The van der Waals surface area contributed by atoms with Crippen molar-refractivity contribution in [2.75, 3.05) is 39.4 Å². The van der Waals surface area contributed by atoms with Crippen molar-refractivity contribution >= 4 is 29.9 Å². The molecule has 178 valence electrons. The zero-order valence-corrected chi connectivity index (χ0v) is 18.7. The molecule has 3 aliphatic rings. The number of nitrogens with zero attached hydrogens (tertiary/aromatic N) is 2. The van der Waals surface area contributed by atoms with E-state index < -0.39 is 29.7 Å². The molecule has 0 aliphatic carbocycles. The molecule has 0 spiro atoms. The van der Waals surface area contributed by atoms with Crippen LogP contribution < -0.4 is 10.6 Å². The standard InChI is InChI=1S/C24H26N4O6/c29-11-13-34-12-3-1-2-9-27-10-8-25-15-20(27)16-4-5-17-18(14-16)24(33)28(23(17)32)19-6-7-21(30)26-22(19)31/h4-5,11,14,19-20,25H,3,6-10,12-13,15H2,(H,26,30,31). The predicted octanol–water partition coefficient (Wildman–Crippen LogP) is -0.357. The molecule has 0 saturated carbocycles. The van der Waals surface area contributed by atoms with Gasteiger partial charge in [0, 0.05) is 38.5 Å². The minimum atomic E-state index is -0.979. The van der Waals surface area contributed by atoms with E-state index in [4.69, 9.17) is 4.74 Å². The highest BCUT2D eigenvalue weighted by atomic mass is 16.5. The maximum absolute atomic E-state index is 13.1. The highest BCUT2D eigenvalue weighted by Crippen LogP contribution is 2.31. The van der Waals surface area contributed by atoms with Gasteiger partial charge in [0.05, 0.1) is 24.3 Å². The highest BCUT2D eigenvalue weighted by Gasteiger charge is 2.44. The Labute approximate surface area is 197 Å². The van der Waals surface area contributed by atoms with Crippen molar-refractivity contribution in [3.8, 4) is 11.8 Å². The Morgan fingerprint density at radius 2 is 1.91 bits per heavy atom. The number of nitrogens with one attached hydrogen (secondary N) is 2. The summed E-state index contributed by atoms with van der Waals surface area (Å²) < 4.78 is 5.09. The number of carbonyl (C=O) groups is 5. The van der Waals surface area contributed by atoms with Gasteiger partial charge in [-0.15, -0.1) is 0 Å². The van der Waals surface area contributed by atoms with E-state index in [9.17, 15) is 24.0 Å². The lowest BCUT2D eigenvalue weighted by Crippen LogP contribution is -2.54. The Kier molecular flexibility index (Phi) is 7.47. The van der Waals surface area contributed by atoms with Gasteiger partial charge in [-0.3, -0.25) is 34.3 Å². The van der Waals surface area contributed by atoms with Crippen molar-refractivity contribution in [2.45, 2.75) is 31.3 Å². The van der Waals surface area contributed by atoms with Crippen LogP contribution in [0.5, 0.6) is 0 Å². The fourth-order valence-corrected chi connectivity index (χ4v) is 4.46. The summed E-state index contributed by atoms with van der Waals surface area (Å²) in [6, 6.07) is 4.19. The van der Waals surface area contributed by atoms with E-state index in [1.807, 2.05) is 6.07 Å². The quantitative estimate of drug-likeness (QED) is 0.242. The molecule has 10 nitrogen and oxygen atoms in total. The molecule has 2 N–H and O–H groups in total. The summed E-state index contributed by atoms with van der Waals surface area (Å²) in [5.74, 6) is 4.14. The van der Waals surface area contributed by atoms with Gasteiger partial charge < -0.3 is 14.8 Å². The average Bonchev–Trinajstić information content (AvgIpc) is 3.08. The molecule has 4 rings (SSSR count). The van der Waals surface area contributed by atoms with Gasteiger partial charge in [0.1, 0.15) is 18.9 Å². The Morgan fingerprint density at radius 3 is 2.71 bits per heavy atom. The van der Waals surface area contributed by atoms with E-state index in [1.54, 1.807) is 12.1 Å². The Morgan fingerprint density at radius 1 is 1.09 bits per heavy atom. The van der Waals surface area contributed by atoms with Crippen LogP contribution in [0.1, 0.15) is 51.6 Å². The number of benzene rings is 1. The summed E-state index contributed by atoms with van der Waals surface area (Å²) >= 11 is 0. The number of rotatable bonds is 7. The van der Waals surface area contributed by atoms with E-state index in [2.05, 4.69) is 27.4 Å². The molecule has 4 amide bonds. The van der Waals surface area contributed by atoms with Crippen molar-refractivity contribution in [3.63, 3.8) is 0 Å². The lowest BCUT2D eigenvalue weighted by atomic mass is 9.98. The smallest absolute Gasteiger partial charge is 0.262 e. The number of carbonyl (C=O) groups excluding carboxylic acids is 5. The van der Waals surface area contributed by atoms with Crippen LogP contribution in [0.3, 0.4) is 0 Å². The minimum absolute atomic E-state index is 0.0350. The third-order valence-corrected chi connectivity index (χ3v) is 6.17. The normalized spacial score (nSPS) is 22.8. The highest BCUT2D eigenvalue weighted by molar-refractivity contribution is 6.23. The van der Waals surface area contributed by atoms with Gasteiger partial charge in [-0.05, 0) is 24.1 Å². The van der Waals surface area contributed by atoms with Crippen LogP contribution in [-0.4, -0.2) is 85.1 Å². The molecule has 10 heteroatoms. The topological polar surface area (TPSA) is 125 Å². The van der Waals surface area contributed by atoms with Crippen molar-refractivity contribution in [2.24, 2.45) is 0 Å². The first-order valence-electron chi connectivity index (χ1n) is 11.3. The number of amides is 4. The average molecular weight is 466 g/mol. The minimum Gasteiger partial charge on any atom is -0.373 e. The number of piperidine rings is 1. The van der Waals surface area contributed by atoms with Crippen LogP contribution in [0.2, 0.25) is 0 Å². The Bertz CT molecular complexity index is 1070. The maximum Gasteiger partial charge on any atom is 0.262 e. The molecule has 2 fully saturated rings. The fraction of sp³-hybridized carbons (Fsp3) is 0.458. The third kappa shape index (κ3) is 4.92. The first-order chi connectivity index (χ1) is 16.5. The summed E-state index contributed by atoms with van der Waals surface area (Å²) in [5, 5.41) is 5.56. The van der Waals surface area contributed by atoms with E-state index in [-0.39, 0.29) is 36.6 Å². The summed E-state index contributed by atoms with van der Waals surface area (Å²) in [5.41, 5.74) is 1.42. The van der Waals surface area contributed by atoms with Gasteiger partial charge in [0.25, 0.3) is 11.8 Å². The van der Waals surface area contributed by atoms with E-state index in [0.717, 1.165) is 23.6 Å². The zero-order valence-electron chi connectivity index (χ0n) is 18.7. The largest absolute Gasteiger partial charge is 0.373 e. The second-order valence-corrected chi connectivity index (χ2v) is 8.29. The number of ether oxygens (including phenoxy) is 1. The van der Waals surface area contributed by atoms with Crippen LogP contribution in [0, 0.1) is 11.8 Å². The van der Waals surface area contributed by atoms with Crippen LogP contribution in [-0.2, 0) is 19.1 Å². The van der Waals surface area contributed by atoms with Crippen LogP contribution in [0.15, 0.2) is 18.2 Å². The molecular formula is C24H26N4O6. The summed E-state index contributed by atoms with van der Waals surface area (Å²) in [6.45, 7) is 3.26. The van der Waals surface area contributed by atoms with Gasteiger partial charge in [0.2, 0.25) is 11.8 Å². The van der Waals surface area contributed by atoms with E-state index in [0.29, 0.717) is 32.4 Å². The number of hydrogen-bond acceptors (Lipinski definition) is 8. The summed E-state index contributed by atoms with van der Waals surface area (Å²) in [6.07, 6.45) is 1.46. The van der Waals surface area contributed by atoms with Crippen LogP contribution in [0.4, 0.5) is 0 Å². The molecule has 3 aliphatic heterocycles.